The number of carbonyl (C=O) groups is 1. The van der Waals surface area contributed by atoms with E-state index in [4.69, 9.17) is 0 Å². The molecule has 4 nitrogen and oxygen atoms in total. The number of anilines is 1. The van der Waals surface area contributed by atoms with Gasteiger partial charge in [0.25, 0.3) is 0 Å². The fraction of sp³-hybridized carbons (Fsp3) is 0.500. The first-order chi connectivity index (χ1) is 10.2. The molecule has 0 spiro atoms. The van der Waals surface area contributed by atoms with E-state index in [1.54, 1.807) is 11.3 Å². The third kappa shape index (κ3) is 4.02. The number of amides is 1. The second-order valence-electron chi connectivity index (χ2n) is 4.57. The highest BCUT2D eigenvalue weighted by molar-refractivity contribution is 8.38. The molecule has 0 saturated carbocycles. The van der Waals surface area contributed by atoms with Gasteiger partial charge in [0.05, 0.1) is 5.56 Å². The van der Waals surface area contributed by atoms with Crippen LogP contribution in [0.5, 0.6) is 0 Å². The molecule has 0 radical (unpaired) electrons. The van der Waals surface area contributed by atoms with E-state index in [0.717, 1.165) is 29.2 Å². The van der Waals surface area contributed by atoms with E-state index in [1.807, 2.05) is 12.5 Å². The average Bonchev–Trinajstić information content (AvgIpc) is 2.85. The molecule has 0 atom stereocenters. The highest BCUT2D eigenvalue weighted by atomic mass is 32.2. The molecule has 1 aliphatic carbocycles. The lowest BCUT2D eigenvalue weighted by Gasteiger charge is -2.09. The molecule has 1 aromatic rings. The number of nitrogens with zero attached hydrogens (tertiary/aromatic N) is 2. The monoisotopic (exact) mass is 339 g/mol. The van der Waals surface area contributed by atoms with Gasteiger partial charge in [-0.15, -0.1) is 34.9 Å². The topological polar surface area (TPSA) is 65.2 Å². The standard InChI is InChI=1S/C14H17N3OS3/c1-19-14(20-2)16-8-12(18)17-13-10(7-15)9-5-3-4-6-11(9)21-13/h3-6,8H2,1-2H3,(H,17,18). The molecule has 0 unspecified atom stereocenters. The maximum Gasteiger partial charge on any atom is 0.246 e. The van der Waals surface area contributed by atoms with Gasteiger partial charge in [0, 0.05) is 4.88 Å². The quantitative estimate of drug-likeness (QED) is 0.676. The summed E-state index contributed by atoms with van der Waals surface area (Å²) in [6, 6.07) is 2.25. The normalized spacial score (nSPS) is 13.2. The number of fused-ring (bicyclic) bond motifs is 1. The molecule has 1 aliphatic rings. The minimum Gasteiger partial charge on any atom is -0.315 e. The average molecular weight is 340 g/mol. The highest BCUT2D eigenvalue weighted by Crippen LogP contribution is 2.37. The summed E-state index contributed by atoms with van der Waals surface area (Å²) < 4.78 is 0.885. The van der Waals surface area contributed by atoms with Gasteiger partial charge in [0.15, 0.2) is 0 Å². The summed E-state index contributed by atoms with van der Waals surface area (Å²) in [5, 5.41) is 12.9. The zero-order valence-corrected chi connectivity index (χ0v) is 14.5. The van der Waals surface area contributed by atoms with Crippen LogP contribution in [0.15, 0.2) is 4.99 Å². The zero-order valence-electron chi connectivity index (χ0n) is 12.1. The van der Waals surface area contributed by atoms with Gasteiger partial charge < -0.3 is 5.32 Å². The van der Waals surface area contributed by atoms with Crippen molar-refractivity contribution < 1.29 is 4.79 Å². The Morgan fingerprint density at radius 2 is 2.10 bits per heavy atom. The summed E-state index contributed by atoms with van der Waals surface area (Å²) in [4.78, 5) is 17.5. The third-order valence-corrected chi connectivity index (χ3v) is 6.40. The van der Waals surface area contributed by atoms with Crippen molar-refractivity contribution in [1.82, 2.24) is 0 Å². The summed E-state index contributed by atoms with van der Waals surface area (Å²) in [6.45, 7) is 0.102. The van der Waals surface area contributed by atoms with E-state index >= 15 is 0 Å². The Bertz CT molecular complexity index is 595. The highest BCUT2D eigenvalue weighted by Gasteiger charge is 2.21. The number of nitrogens with one attached hydrogen (secondary N) is 1. The third-order valence-electron chi connectivity index (χ3n) is 3.24. The van der Waals surface area contributed by atoms with Crippen LogP contribution < -0.4 is 5.32 Å². The van der Waals surface area contributed by atoms with Crippen molar-refractivity contribution in [3.8, 4) is 6.07 Å². The summed E-state index contributed by atoms with van der Waals surface area (Å²) in [5.41, 5.74) is 1.79. The van der Waals surface area contributed by atoms with Crippen molar-refractivity contribution in [1.29, 1.82) is 5.26 Å². The first-order valence-corrected chi connectivity index (χ1v) is 9.93. The van der Waals surface area contributed by atoms with Crippen LogP contribution in [-0.2, 0) is 17.6 Å². The second kappa shape index (κ2) is 7.87. The van der Waals surface area contributed by atoms with Gasteiger partial charge in [-0.2, -0.15) is 5.26 Å². The number of nitriles is 1. The fourth-order valence-corrected chi connectivity index (χ4v) is 4.60. The molecule has 112 valence electrons. The zero-order chi connectivity index (χ0) is 15.2. The Labute approximate surface area is 137 Å². The number of aliphatic imine (C=N–C) groups is 1. The summed E-state index contributed by atoms with van der Waals surface area (Å²) in [5.74, 6) is -0.161. The van der Waals surface area contributed by atoms with Crippen molar-refractivity contribution in [2.24, 2.45) is 4.99 Å². The summed E-state index contributed by atoms with van der Waals surface area (Å²) in [6.07, 6.45) is 8.14. The number of thioether (sulfide) groups is 2. The minimum absolute atomic E-state index is 0.102. The van der Waals surface area contributed by atoms with Crippen LogP contribution in [0.4, 0.5) is 5.00 Å². The van der Waals surface area contributed by atoms with Gasteiger partial charge >= 0.3 is 0 Å². The predicted octanol–water partition coefficient (Wildman–Crippen LogP) is 3.52. The molecule has 1 heterocycles. The number of carbonyl (C=O) groups excluding carboxylic acids is 1. The molecule has 1 aromatic heterocycles. The van der Waals surface area contributed by atoms with Crippen molar-refractivity contribution in [3.63, 3.8) is 0 Å². The minimum atomic E-state index is -0.161. The Morgan fingerprint density at radius 3 is 2.76 bits per heavy atom. The van der Waals surface area contributed by atoms with Crippen molar-refractivity contribution in [2.45, 2.75) is 25.7 Å². The Morgan fingerprint density at radius 1 is 1.38 bits per heavy atom. The van der Waals surface area contributed by atoms with Gasteiger partial charge in [0.1, 0.15) is 22.0 Å². The molecule has 7 heteroatoms. The lowest BCUT2D eigenvalue weighted by atomic mass is 9.96. The summed E-state index contributed by atoms with van der Waals surface area (Å²) >= 11 is 4.61. The number of aryl methyl sites for hydroxylation is 1. The number of rotatable bonds is 3. The molecular formula is C14H17N3OS3. The first kappa shape index (κ1) is 16.4. The lowest BCUT2D eigenvalue weighted by Crippen LogP contribution is -2.15. The van der Waals surface area contributed by atoms with Gasteiger partial charge in [-0.3, -0.25) is 9.79 Å². The van der Waals surface area contributed by atoms with Crippen LogP contribution >= 0.6 is 34.9 Å². The fourth-order valence-electron chi connectivity index (χ4n) is 2.29. The molecule has 0 aromatic carbocycles. The van der Waals surface area contributed by atoms with Crippen LogP contribution in [0, 0.1) is 11.3 Å². The van der Waals surface area contributed by atoms with Crippen LogP contribution in [0.1, 0.15) is 28.8 Å². The van der Waals surface area contributed by atoms with Gasteiger partial charge in [-0.25, -0.2) is 0 Å². The summed E-state index contributed by atoms with van der Waals surface area (Å²) in [7, 11) is 0. The van der Waals surface area contributed by atoms with Crippen molar-refractivity contribution in [3.05, 3.63) is 16.0 Å². The van der Waals surface area contributed by atoms with Crippen LogP contribution in [0.2, 0.25) is 0 Å². The van der Waals surface area contributed by atoms with Crippen LogP contribution in [0.3, 0.4) is 0 Å². The molecule has 21 heavy (non-hydrogen) atoms. The molecule has 1 amide bonds. The Hall–Kier alpha value is -0.970. The van der Waals surface area contributed by atoms with Gasteiger partial charge in [0.2, 0.25) is 5.91 Å². The molecule has 1 N–H and O–H groups in total. The molecule has 0 fully saturated rings. The van der Waals surface area contributed by atoms with E-state index in [2.05, 4.69) is 16.4 Å². The SMILES string of the molecule is CSC(=NCC(=O)Nc1sc2c(c1C#N)CCCC2)SC. The van der Waals surface area contributed by atoms with E-state index in [0.29, 0.717) is 10.6 Å². The Kier molecular flexibility index (Phi) is 6.15. The van der Waals surface area contributed by atoms with Crippen molar-refractivity contribution in [2.75, 3.05) is 24.4 Å². The lowest BCUT2D eigenvalue weighted by molar-refractivity contribution is -0.114. The second-order valence-corrected chi connectivity index (χ2v) is 7.52. The first-order valence-electron chi connectivity index (χ1n) is 6.66. The molecule has 0 saturated heterocycles. The van der Waals surface area contributed by atoms with E-state index in [1.165, 1.54) is 34.8 Å². The number of hydrogen-bond acceptors (Lipinski definition) is 6. The predicted molar refractivity (Wildman–Crippen MR) is 93.6 cm³/mol. The number of thiophene rings is 1. The molecular weight excluding hydrogens is 322 g/mol. The van der Waals surface area contributed by atoms with E-state index < -0.39 is 0 Å². The van der Waals surface area contributed by atoms with E-state index in [-0.39, 0.29) is 12.5 Å². The van der Waals surface area contributed by atoms with Crippen LogP contribution in [0.25, 0.3) is 0 Å². The van der Waals surface area contributed by atoms with Crippen molar-refractivity contribution >= 4 is 50.1 Å². The largest absolute Gasteiger partial charge is 0.315 e. The van der Waals surface area contributed by atoms with Gasteiger partial charge in [-0.1, -0.05) is 0 Å². The van der Waals surface area contributed by atoms with E-state index in [9.17, 15) is 10.1 Å². The van der Waals surface area contributed by atoms with Crippen LogP contribution in [-0.4, -0.2) is 29.3 Å². The molecule has 2 rings (SSSR count). The smallest absolute Gasteiger partial charge is 0.246 e. The molecule has 0 bridgehead atoms. The Balaban J connectivity index is 2.09. The maximum atomic E-state index is 12.0. The number of hydrogen-bond donors (Lipinski definition) is 1. The molecule has 0 aliphatic heterocycles. The van der Waals surface area contributed by atoms with Gasteiger partial charge in [-0.05, 0) is 43.8 Å². The maximum absolute atomic E-state index is 12.0.